The molecule has 3 aromatic rings. The molecule has 2 amide bonds. The number of hydrogen-bond acceptors (Lipinski definition) is 6. The molecule has 2 aromatic heterocycles. The molecule has 0 aliphatic heterocycles. The summed E-state index contributed by atoms with van der Waals surface area (Å²) in [6, 6.07) is 7.30. The van der Waals surface area contributed by atoms with Crippen LogP contribution in [0.4, 0.5) is 11.4 Å². The highest BCUT2D eigenvalue weighted by molar-refractivity contribution is 5.96. The van der Waals surface area contributed by atoms with Gasteiger partial charge in [0.05, 0.1) is 22.8 Å². The van der Waals surface area contributed by atoms with Crippen LogP contribution in [0.25, 0.3) is 0 Å². The summed E-state index contributed by atoms with van der Waals surface area (Å²) in [6.07, 6.45) is 4.28. The molecule has 32 heavy (non-hydrogen) atoms. The summed E-state index contributed by atoms with van der Waals surface area (Å²) in [7, 11) is 3.71. The predicted octanol–water partition coefficient (Wildman–Crippen LogP) is 1.43. The second-order valence-corrected chi connectivity index (χ2v) is 8.65. The van der Waals surface area contributed by atoms with Crippen LogP contribution in [0.3, 0.4) is 0 Å². The summed E-state index contributed by atoms with van der Waals surface area (Å²) in [5.41, 5.74) is 5.36. The molecule has 2 atom stereocenters. The molecule has 2 unspecified atom stereocenters. The van der Waals surface area contributed by atoms with Crippen LogP contribution in [-0.2, 0) is 49.4 Å². The molecule has 2 aliphatic rings. The highest BCUT2D eigenvalue weighted by atomic mass is 16.2. The third kappa shape index (κ3) is 3.88. The van der Waals surface area contributed by atoms with Gasteiger partial charge in [0.25, 0.3) is 0 Å². The van der Waals surface area contributed by atoms with Crippen LogP contribution in [0.2, 0.25) is 0 Å². The number of benzene rings is 1. The van der Waals surface area contributed by atoms with Crippen LogP contribution in [0.1, 0.15) is 35.6 Å². The maximum absolute atomic E-state index is 12.9. The van der Waals surface area contributed by atoms with Crippen molar-refractivity contribution in [3.05, 3.63) is 47.0 Å². The van der Waals surface area contributed by atoms with Crippen LogP contribution < -0.4 is 10.6 Å². The van der Waals surface area contributed by atoms with E-state index in [4.69, 9.17) is 0 Å². The molecule has 5 rings (SSSR count). The van der Waals surface area contributed by atoms with Crippen LogP contribution in [0.5, 0.6) is 0 Å². The first-order valence-corrected chi connectivity index (χ1v) is 10.9. The number of nitrogens with zero attached hydrogens (tertiary/aromatic N) is 6. The number of fused-ring (bicyclic) bond motifs is 2. The van der Waals surface area contributed by atoms with E-state index in [2.05, 4.69) is 31.3 Å². The Kier molecular flexibility index (Phi) is 5.20. The molecule has 0 saturated carbocycles. The van der Waals surface area contributed by atoms with E-state index >= 15 is 0 Å². The van der Waals surface area contributed by atoms with Crippen molar-refractivity contribution >= 4 is 23.2 Å². The Morgan fingerprint density at radius 1 is 0.844 bits per heavy atom. The third-order valence-electron chi connectivity index (χ3n) is 6.52. The molecule has 2 aliphatic carbocycles. The van der Waals surface area contributed by atoms with Crippen LogP contribution in [0, 0.1) is 11.8 Å². The summed E-state index contributed by atoms with van der Waals surface area (Å²) in [5.74, 6) is -0.295. The van der Waals surface area contributed by atoms with E-state index < -0.39 is 0 Å². The zero-order valence-electron chi connectivity index (χ0n) is 18.2. The van der Waals surface area contributed by atoms with Gasteiger partial charge in [0.1, 0.15) is 0 Å². The highest BCUT2D eigenvalue weighted by Gasteiger charge is 2.29. The summed E-state index contributed by atoms with van der Waals surface area (Å²) in [6.45, 7) is 0. The number of carbonyl (C=O) groups is 2. The van der Waals surface area contributed by atoms with Gasteiger partial charge in [0.15, 0.2) is 0 Å². The Morgan fingerprint density at radius 2 is 1.31 bits per heavy atom. The zero-order chi connectivity index (χ0) is 22.2. The van der Waals surface area contributed by atoms with Gasteiger partial charge < -0.3 is 10.6 Å². The van der Waals surface area contributed by atoms with Crippen molar-refractivity contribution in [1.29, 1.82) is 0 Å². The fraction of sp³-hybridized carbons (Fsp3) is 0.455. The van der Waals surface area contributed by atoms with Gasteiger partial charge >= 0.3 is 0 Å². The maximum atomic E-state index is 12.9. The molecule has 0 saturated heterocycles. The van der Waals surface area contributed by atoms with Crippen molar-refractivity contribution in [2.75, 3.05) is 10.6 Å². The van der Waals surface area contributed by atoms with Gasteiger partial charge in [-0.05, 0) is 43.9 Å². The minimum atomic E-state index is -0.123. The first kappa shape index (κ1) is 20.3. The smallest absolute Gasteiger partial charge is 0.227 e. The fourth-order valence-corrected chi connectivity index (χ4v) is 4.63. The Morgan fingerprint density at radius 3 is 1.78 bits per heavy atom. The molecule has 2 N–H and O–H groups in total. The lowest BCUT2D eigenvalue weighted by molar-refractivity contribution is -0.121. The van der Waals surface area contributed by atoms with E-state index in [1.807, 2.05) is 32.3 Å². The van der Waals surface area contributed by atoms with E-state index in [1.54, 1.807) is 15.4 Å². The second-order valence-electron chi connectivity index (χ2n) is 8.65. The zero-order valence-corrected chi connectivity index (χ0v) is 18.2. The molecular weight excluding hydrogens is 408 g/mol. The molecule has 166 valence electrons. The first-order valence-electron chi connectivity index (χ1n) is 10.9. The monoisotopic (exact) mass is 434 g/mol. The molecule has 2 heterocycles. The van der Waals surface area contributed by atoms with Gasteiger partial charge in [-0.25, -0.2) is 0 Å². The average Bonchev–Trinajstić information content (AvgIpc) is 3.36. The Labute approximate surface area is 185 Å². The van der Waals surface area contributed by atoms with Crippen molar-refractivity contribution in [3.8, 4) is 0 Å². The molecule has 0 bridgehead atoms. The van der Waals surface area contributed by atoms with Crippen molar-refractivity contribution in [2.24, 2.45) is 25.9 Å². The second kappa shape index (κ2) is 8.18. The van der Waals surface area contributed by atoms with Gasteiger partial charge in [-0.3, -0.25) is 19.0 Å². The lowest BCUT2D eigenvalue weighted by Gasteiger charge is -2.22. The minimum absolute atomic E-state index is 0.0242. The highest BCUT2D eigenvalue weighted by Crippen LogP contribution is 2.27. The van der Waals surface area contributed by atoms with E-state index in [-0.39, 0.29) is 23.7 Å². The maximum Gasteiger partial charge on any atom is 0.227 e. The fourth-order valence-electron chi connectivity index (χ4n) is 4.63. The Bertz CT molecular complexity index is 1090. The molecule has 0 spiro atoms. The number of carbonyl (C=O) groups excluding carboxylic acids is 2. The summed E-state index contributed by atoms with van der Waals surface area (Å²) in [4.78, 5) is 25.7. The van der Waals surface area contributed by atoms with E-state index in [0.717, 1.165) is 48.5 Å². The molecule has 1 aromatic carbocycles. The summed E-state index contributed by atoms with van der Waals surface area (Å²) < 4.78 is 3.50. The van der Waals surface area contributed by atoms with Crippen molar-refractivity contribution in [1.82, 2.24) is 30.0 Å². The number of hydrogen-bond donors (Lipinski definition) is 2. The molecule has 0 radical (unpaired) electrons. The molecule has 10 nitrogen and oxygen atoms in total. The number of amides is 2. The van der Waals surface area contributed by atoms with Gasteiger partial charge in [-0.2, -0.15) is 0 Å². The number of nitrogens with one attached hydrogen (secondary N) is 2. The van der Waals surface area contributed by atoms with Gasteiger partial charge in [0.2, 0.25) is 11.8 Å². The van der Waals surface area contributed by atoms with E-state index in [9.17, 15) is 9.59 Å². The van der Waals surface area contributed by atoms with Gasteiger partial charge in [-0.15, -0.1) is 10.2 Å². The molecular formula is C22H26N8O2. The topological polar surface area (TPSA) is 120 Å². The van der Waals surface area contributed by atoms with Gasteiger partial charge in [0, 0.05) is 50.1 Å². The Hall–Kier alpha value is -3.56. The lowest BCUT2D eigenvalue weighted by atomic mass is 9.89. The summed E-state index contributed by atoms with van der Waals surface area (Å²) >= 11 is 0. The van der Waals surface area contributed by atoms with Crippen molar-refractivity contribution in [3.63, 3.8) is 0 Å². The Balaban J connectivity index is 1.21. The predicted molar refractivity (Wildman–Crippen MR) is 117 cm³/mol. The molecule has 10 heteroatoms. The summed E-state index contributed by atoms with van der Waals surface area (Å²) in [5, 5.41) is 22.4. The average molecular weight is 435 g/mol. The normalized spacial score (nSPS) is 19.7. The van der Waals surface area contributed by atoms with Gasteiger partial charge in [-0.1, -0.05) is 16.5 Å². The quantitative estimate of drug-likeness (QED) is 0.641. The lowest BCUT2D eigenvalue weighted by Crippen LogP contribution is -2.29. The minimum Gasteiger partial charge on any atom is -0.326 e. The standard InChI is InChI=1S/C22H26N8O2/c1-29-19-10-13(6-8-17(19)25-27-29)21(31)23-15-4-3-5-16(12-15)24-22(32)14-7-9-18-20(11-14)30(2)28-26-18/h3-5,12-14H,6-11H2,1-2H3,(H,23,31)(H,24,32). The van der Waals surface area contributed by atoms with Crippen LogP contribution in [0.15, 0.2) is 24.3 Å². The van der Waals surface area contributed by atoms with E-state index in [1.165, 1.54) is 0 Å². The number of aryl methyl sites for hydroxylation is 4. The van der Waals surface area contributed by atoms with Crippen LogP contribution in [-0.4, -0.2) is 41.8 Å². The molecule has 0 fully saturated rings. The first-order chi connectivity index (χ1) is 15.5. The van der Waals surface area contributed by atoms with Crippen molar-refractivity contribution in [2.45, 2.75) is 38.5 Å². The number of anilines is 2. The number of rotatable bonds is 4. The largest absolute Gasteiger partial charge is 0.326 e. The number of aromatic nitrogens is 6. The third-order valence-corrected chi connectivity index (χ3v) is 6.52. The van der Waals surface area contributed by atoms with E-state index in [0.29, 0.717) is 24.2 Å². The van der Waals surface area contributed by atoms with Crippen molar-refractivity contribution < 1.29 is 9.59 Å². The van der Waals surface area contributed by atoms with Crippen LogP contribution >= 0.6 is 0 Å². The SMILES string of the molecule is Cn1nnc2c1CC(C(=O)Nc1cccc(NC(=O)C3CCc4nnn(C)c4C3)c1)CC2.